The second-order valence-electron chi connectivity index (χ2n) is 5.41. The van der Waals surface area contributed by atoms with Crippen LogP contribution in [0.25, 0.3) is 0 Å². The zero-order valence-electron chi connectivity index (χ0n) is 12.5. The molecule has 1 fully saturated rings. The van der Waals surface area contributed by atoms with Crippen molar-refractivity contribution in [1.82, 2.24) is 10.2 Å². The third kappa shape index (κ3) is 5.28. The second kappa shape index (κ2) is 7.08. The predicted molar refractivity (Wildman–Crippen MR) is 82.5 cm³/mol. The summed E-state index contributed by atoms with van der Waals surface area (Å²) in [7, 11) is -3.56. The van der Waals surface area contributed by atoms with Crippen LogP contribution < -0.4 is 10.5 Å². The van der Waals surface area contributed by atoms with Crippen LogP contribution in [-0.4, -0.2) is 45.1 Å². The Morgan fingerprint density at radius 2 is 2.18 bits per heavy atom. The maximum Gasteiger partial charge on any atom is 0.317 e. The minimum Gasteiger partial charge on any atom is -0.375 e. The van der Waals surface area contributed by atoms with Crippen molar-refractivity contribution in [3.8, 4) is 0 Å². The van der Waals surface area contributed by atoms with Gasteiger partial charge in [0, 0.05) is 19.6 Å². The molecule has 1 aliphatic heterocycles. The van der Waals surface area contributed by atoms with Crippen LogP contribution >= 0.6 is 0 Å². The van der Waals surface area contributed by atoms with Gasteiger partial charge in [-0.15, -0.1) is 0 Å². The zero-order valence-corrected chi connectivity index (χ0v) is 13.3. The van der Waals surface area contributed by atoms with E-state index in [1.807, 2.05) is 13.0 Å². The standard InChI is InChI=1S/C14H21N3O4S/c1-11-9-17(5-6-21-11)14(18)16-8-12-3-2-4-13(7-12)10-22(15,19)20/h2-4,7,11H,5-6,8-10H2,1H3,(H,16,18)(H2,15,19,20). The lowest BCUT2D eigenvalue weighted by molar-refractivity contribution is -0.00351. The van der Waals surface area contributed by atoms with E-state index in [1.54, 1.807) is 23.1 Å². The van der Waals surface area contributed by atoms with Crippen LogP contribution in [0.4, 0.5) is 4.79 Å². The van der Waals surface area contributed by atoms with Gasteiger partial charge in [-0.2, -0.15) is 0 Å². The van der Waals surface area contributed by atoms with E-state index in [2.05, 4.69) is 5.32 Å². The average molecular weight is 327 g/mol. The first-order chi connectivity index (χ1) is 10.3. The van der Waals surface area contributed by atoms with Crippen molar-refractivity contribution < 1.29 is 17.9 Å². The summed E-state index contributed by atoms with van der Waals surface area (Å²) in [6.45, 7) is 3.94. The van der Waals surface area contributed by atoms with Crippen LogP contribution in [0.2, 0.25) is 0 Å². The summed E-state index contributed by atoms with van der Waals surface area (Å²) in [4.78, 5) is 13.8. The average Bonchev–Trinajstić information content (AvgIpc) is 2.43. The number of rotatable bonds is 4. The number of amides is 2. The van der Waals surface area contributed by atoms with Gasteiger partial charge in [0.05, 0.1) is 18.5 Å². The molecule has 0 aliphatic carbocycles. The largest absolute Gasteiger partial charge is 0.375 e. The third-order valence-corrected chi connectivity index (χ3v) is 4.07. The fraction of sp³-hybridized carbons (Fsp3) is 0.500. The molecule has 0 radical (unpaired) electrons. The van der Waals surface area contributed by atoms with Crippen LogP contribution in [0.3, 0.4) is 0 Å². The lowest BCUT2D eigenvalue weighted by Crippen LogP contribution is -2.48. The molecule has 0 bridgehead atoms. The summed E-state index contributed by atoms with van der Waals surface area (Å²) in [6.07, 6.45) is 0.0394. The van der Waals surface area contributed by atoms with Crippen LogP contribution in [0, 0.1) is 0 Å². The van der Waals surface area contributed by atoms with Crippen LogP contribution in [0.15, 0.2) is 24.3 Å². The van der Waals surface area contributed by atoms with Crippen molar-refractivity contribution in [2.75, 3.05) is 19.7 Å². The summed E-state index contributed by atoms with van der Waals surface area (Å²) in [5.41, 5.74) is 1.44. The molecule has 1 aromatic rings. The van der Waals surface area contributed by atoms with Gasteiger partial charge < -0.3 is 15.0 Å². The lowest BCUT2D eigenvalue weighted by Gasteiger charge is -2.31. The normalized spacial score (nSPS) is 19.0. The van der Waals surface area contributed by atoms with E-state index in [-0.39, 0.29) is 17.9 Å². The maximum atomic E-state index is 12.1. The quantitative estimate of drug-likeness (QED) is 0.836. The fourth-order valence-electron chi connectivity index (χ4n) is 2.35. The first-order valence-corrected chi connectivity index (χ1v) is 8.78. The van der Waals surface area contributed by atoms with Crippen molar-refractivity contribution >= 4 is 16.1 Å². The number of hydrogen-bond donors (Lipinski definition) is 2. The van der Waals surface area contributed by atoms with Crippen LogP contribution in [0.1, 0.15) is 18.1 Å². The second-order valence-corrected chi connectivity index (χ2v) is 7.03. The van der Waals surface area contributed by atoms with E-state index < -0.39 is 10.0 Å². The van der Waals surface area contributed by atoms with E-state index in [1.165, 1.54) is 0 Å². The number of benzene rings is 1. The highest BCUT2D eigenvalue weighted by molar-refractivity contribution is 7.88. The van der Waals surface area contributed by atoms with Crippen molar-refractivity contribution in [3.63, 3.8) is 0 Å². The number of nitrogens with two attached hydrogens (primary N) is 1. The van der Waals surface area contributed by atoms with Crippen LogP contribution in [-0.2, 0) is 27.1 Å². The molecule has 1 aliphatic rings. The zero-order chi connectivity index (χ0) is 16.2. The number of carbonyl (C=O) groups excluding carboxylic acids is 1. The van der Waals surface area contributed by atoms with Gasteiger partial charge >= 0.3 is 6.03 Å². The molecule has 1 saturated heterocycles. The highest BCUT2D eigenvalue weighted by atomic mass is 32.2. The lowest BCUT2D eigenvalue weighted by atomic mass is 10.1. The Kier molecular flexibility index (Phi) is 5.38. The summed E-state index contributed by atoms with van der Waals surface area (Å²) in [5.74, 6) is -0.213. The Morgan fingerprint density at radius 1 is 1.45 bits per heavy atom. The van der Waals surface area contributed by atoms with Gasteiger partial charge in [-0.1, -0.05) is 24.3 Å². The van der Waals surface area contributed by atoms with Gasteiger partial charge in [-0.3, -0.25) is 0 Å². The molecule has 0 spiro atoms. The molecule has 1 atom stereocenters. The molecular weight excluding hydrogens is 306 g/mol. The topological polar surface area (TPSA) is 102 Å². The number of primary sulfonamides is 1. The van der Waals surface area contributed by atoms with E-state index in [9.17, 15) is 13.2 Å². The molecule has 122 valence electrons. The fourth-order valence-corrected chi connectivity index (χ4v) is 3.00. The molecule has 2 amide bonds. The number of hydrogen-bond acceptors (Lipinski definition) is 4. The summed E-state index contributed by atoms with van der Waals surface area (Å²) >= 11 is 0. The number of nitrogens with one attached hydrogen (secondary N) is 1. The van der Waals surface area contributed by atoms with Gasteiger partial charge in [0.1, 0.15) is 0 Å². The van der Waals surface area contributed by atoms with Gasteiger partial charge in [-0.25, -0.2) is 18.4 Å². The molecule has 0 saturated carbocycles. The smallest absolute Gasteiger partial charge is 0.317 e. The van der Waals surface area contributed by atoms with Crippen molar-refractivity contribution in [2.24, 2.45) is 5.14 Å². The van der Waals surface area contributed by atoms with E-state index in [0.717, 1.165) is 5.56 Å². The van der Waals surface area contributed by atoms with Crippen molar-refractivity contribution in [1.29, 1.82) is 0 Å². The molecule has 7 nitrogen and oxygen atoms in total. The van der Waals surface area contributed by atoms with Gasteiger partial charge in [0.25, 0.3) is 0 Å². The molecule has 3 N–H and O–H groups in total. The summed E-state index contributed by atoms with van der Waals surface area (Å²) < 4.78 is 27.6. The highest BCUT2D eigenvalue weighted by Gasteiger charge is 2.20. The first kappa shape index (κ1) is 16.7. The van der Waals surface area contributed by atoms with E-state index in [4.69, 9.17) is 9.88 Å². The van der Waals surface area contributed by atoms with Gasteiger partial charge in [0.2, 0.25) is 10.0 Å². The highest BCUT2D eigenvalue weighted by Crippen LogP contribution is 2.09. The number of ether oxygens (including phenoxy) is 1. The third-order valence-electron chi connectivity index (χ3n) is 3.33. The van der Waals surface area contributed by atoms with Crippen molar-refractivity contribution in [2.45, 2.75) is 25.3 Å². The Bertz CT molecular complexity index is 633. The SMILES string of the molecule is CC1CN(C(=O)NCc2cccc(CS(N)(=O)=O)c2)CCO1. The molecule has 1 unspecified atom stereocenters. The van der Waals surface area contributed by atoms with Gasteiger partial charge in [0.15, 0.2) is 0 Å². The minimum absolute atomic E-state index is 0.0394. The minimum atomic E-state index is -3.56. The monoisotopic (exact) mass is 327 g/mol. The van der Waals surface area contributed by atoms with E-state index >= 15 is 0 Å². The molecular formula is C14H21N3O4S. The van der Waals surface area contributed by atoms with Crippen molar-refractivity contribution in [3.05, 3.63) is 35.4 Å². The number of urea groups is 1. The number of sulfonamides is 1. The predicted octanol–water partition coefficient (Wildman–Crippen LogP) is 0.405. The molecule has 22 heavy (non-hydrogen) atoms. The molecule has 1 heterocycles. The Labute approximate surface area is 130 Å². The molecule has 0 aromatic heterocycles. The molecule has 2 rings (SSSR count). The summed E-state index contributed by atoms with van der Waals surface area (Å²) in [5, 5.41) is 7.86. The Balaban J connectivity index is 1.91. The first-order valence-electron chi connectivity index (χ1n) is 7.06. The Morgan fingerprint density at radius 3 is 2.86 bits per heavy atom. The van der Waals surface area contributed by atoms with Gasteiger partial charge in [-0.05, 0) is 18.1 Å². The van der Waals surface area contributed by atoms with E-state index in [0.29, 0.717) is 31.8 Å². The molecule has 8 heteroatoms. The Hall–Kier alpha value is -1.64. The van der Waals surface area contributed by atoms with Crippen LogP contribution in [0.5, 0.6) is 0 Å². The number of morpholine rings is 1. The molecule has 1 aromatic carbocycles. The number of nitrogens with zero attached hydrogens (tertiary/aromatic N) is 1. The number of carbonyl (C=O) groups is 1. The summed E-state index contributed by atoms with van der Waals surface area (Å²) in [6, 6.07) is 6.85. The maximum absolute atomic E-state index is 12.1.